The second kappa shape index (κ2) is 7.75. The Kier molecular flexibility index (Phi) is 8.74. The fraction of sp³-hybridized carbons (Fsp3) is 0.833. The zero-order valence-corrected chi connectivity index (χ0v) is 9.59. The molecule has 0 fully saturated rings. The van der Waals surface area contributed by atoms with Gasteiger partial charge in [-0.1, -0.05) is 13.8 Å². The molecule has 0 aliphatic heterocycles. The molecule has 0 heterocycles. The van der Waals surface area contributed by atoms with Gasteiger partial charge in [0.2, 0.25) is 0 Å². The van der Waals surface area contributed by atoms with Gasteiger partial charge in [-0.3, -0.25) is 14.6 Å². The SMILES string of the molecule is CC(C)N.NCC(=O)N(O)CP(=O)(O)O. The van der Waals surface area contributed by atoms with Gasteiger partial charge in [0, 0.05) is 0 Å². The van der Waals surface area contributed by atoms with Gasteiger partial charge in [0.25, 0.3) is 5.91 Å². The highest BCUT2D eigenvalue weighted by Crippen LogP contribution is 2.34. The van der Waals surface area contributed by atoms with Crippen molar-refractivity contribution >= 4 is 13.5 Å². The van der Waals surface area contributed by atoms with Crippen LogP contribution in [0.3, 0.4) is 0 Å². The molecule has 0 aromatic rings. The molecule has 0 saturated carbocycles. The lowest BCUT2D eigenvalue weighted by molar-refractivity contribution is -0.160. The predicted molar refractivity (Wildman–Crippen MR) is 53.9 cm³/mol. The summed E-state index contributed by atoms with van der Waals surface area (Å²) >= 11 is 0. The molecule has 0 spiro atoms. The van der Waals surface area contributed by atoms with Crippen molar-refractivity contribution in [2.75, 3.05) is 12.8 Å². The Labute approximate surface area is 88.0 Å². The van der Waals surface area contributed by atoms with Crippen LogP contribution in [0.15, 0.2) is 0 Å². The number of nitrogens with two attached hydrogens (primary N) is 2. The normalized spacial score (nSPS) is 10.7. The number of hydroxylamine groups is 2. The molecule has 0 aromatic heterocycles. The van der Waals surface area contributed by atoms with Crippen molar-refractivity contribution in [2.24, 2.45) is 11.5 Å². The molecule has 0 rings (SSSR count). The Morgan fingerprint density at radius 3 is 2.00 bits per heavy atom. The van der Waals surface area contributed by atoms with E-state index in [9.17, 15) is 9.36 Å². The van der Waals surface area contributed by atoms with E-state index in [4.69, 9.17) is 26.5 Å². The molecule has 1 amide bonds. The highest BCUT2D eigenvalue weighted by molar-refractivity contribution is 7.51. The minimum Gasteiger partial charge on any atom is -0.328 e. The third kappa shape index (κ3) is 16.2. The lowest BCUT2D eigenvalue weighted by Crippen LogP contribution is -2.33. The van der Waals surface area contributed by atoms with E-state index >= 15 is 0 Å². The van der Waals surface area contributed by atoms with Gasteiger partial charge in [-0.25, -0.2) is 5.06 Å². The van der Waals surface area contributed by atoms with Crippen LogP contribution in [-0.4, -0.2) is 44.8 Å². The maximum Gasteiger partial charge on any atom is 0.347 e. The quantitative estimate of drug-likeness (QED) is 0.233. The van der Waals surface area contributed by atoms with Crippen molar-refractivity contribution in [1.82, 2.24) is 5.06 Å². The molecule has 0 radical (unpaired) electrons. The van der Waals surface area contributed by atoms with E-state index < -0.39 is 26.3 Å². The highest BCUT2D eigenvalue weighted by atomic mass is 31.2. The standard InChI is InChI=1S/C3H9N2O5P.C3H9N/c4-1-3(6)5(7)2-11(8,9)10;1-3(2)4/h7H,1-2,4H2,(H2,8,9,10);3H,4H2,1-2H3. The third-order valence-corrected chi connectivity index (χ3v) is 1.42. The Hall–Kier alpha value is -0.500. The van der Waals surface area contributed by atoms with E-state index in [1.165, 1.54) is 0 Å². The van der Waals surface area contributed by atoms with Gasteiger partial charge in [-0.15, -0.1) is 0 Å². The molecule has 9 heteroatoms. The number of rotatable bonds is 3. The fourth-order valence-corrected chi connectivity index (χ4v) is 0.865. The molecule has 8 nitrogen and oxygen atoms in total. The molecule has 0 saturated heterocycles. The summed E-state index contributed by atoms with van der Waals surface area (Å²) < 4.78 is 10.2. The van der Waals surface area contributed by atoms with E-state index in [0.717, 1.165) is 0 Å². The number of carbonyl (C=O) groups excluding carboxylic acids is 1. The molecule has 0 bridgehead atoms. The number of hydrogen-bond acceptors (Lipinski definition) is 5. The van der Waals surface area contributed by atoms with Gasteiger partial charge < -0.3 is 21.3 Å². The van der Waals surface area contributed by atoms with E-state index in [1.807, 2.05) is 13.8 Å². The van der Waals surface area contributed by atoms with Crippen molar-refractivity contribution in [3.05, 3.63) is 0 Å². The average molecular weight is 243 g/mol. The van der Waals surface area contributed by atoms with Crippen molar-refractivity contribution in [3.63, 3.8) is 0 Å². The van der Waals surface area contributed by atoms with Crippen LogP contribution in [0.1, 0.15) is 13.8 Å². The molecule has 15 heavy (non-hydrogen) atoms. The smallest absolute Gasteiger partial charge is 0.328 e. The van der Waals surface area contributed by atoms with Gasteiger partial charge in [-0.2, -0.15) is 0 Å². The molecule has 0 atom stereocenters. The van der Waals surface area contributed by atoms with Crippen LogP contribution in [0.4, 0.5) is 0 Å². The van der Waals surface area contributed by atoms with Crippen LogP contribution < -0.4 is 11.5 Å². The van der Waals surface area contributed by atoms with E-state index in [2.05, 4.69) is 0 Å². The van der Waals surface area contributed by atoms with Crippen LogP contribution in [0.5, 0.6) is 0 Å². The monoisotopic (exact) mass is 243 g/mol. The summed E-state index contributed by atoms with van der Waals surface area (Å²) in [7, 11) is -4.39. The van der Waals surface area contributed by atoms with Gasteiger partial charge >= 0.3 is 7.60 Å². The zero-order valence-electron chi connectivity index (χ0n) is 8.70. The van der Waals surface area contributed by atoms with Gasteiger partial charge in [0.1, 0.15) is 6.29 Å². The first kappa shape index (κ1) is 16.9. The van der Waals surface area contributed by atoms with Crippen LogP contribution in [0, 0.1) is 0 Å². The summed E-state index contributed by atoms with van der Waals surface area (Å²) in [5.41, 5.74) is 9.90. The second-order valence-electron chi connectivity index (χ2n) is 3.05. The molecule has 0 aromatic carbocycles. The topological polar surface area (TPSA) is 150 Å². The van der Waals surface area contributed by atoms with Crippen molar-refractivity contribution < 1.29 is 24.4 Å². The Bertz CT molecular complexity index is 226. The summed E-state index contributed by atoms with van der Waals surface area (Å²) in [5, 5.41) is 8.47. The maximum atomic E-state index is 10.4. The molecular weight excluding hydrogens is 225 g/mol. The van der Waals surface area contributed by atoms with Crippen LogP contribution in [-0.2, 0) is 9.36 Å². The van der Waals surface area contributed by atoms with Gasteiger partial charge in [0.05, 0.1) is 6.54 Å². The minimum atomic E-state index is -4.39. The van der Waals surface area contributed by atoms with Crippen molar-refractivity contribution in [1.29, 1.82) is 0 Å². The first-order chi connectivity index (χ1) is 6.60. The van der Waals surface area contributed by atoms with Crippen molar-refractivity contribution in [3.8, 4) is 0 Å². The predicted octanol–water partition coefficient (Wildman–Crippen LogP) is -1.35. The lowest BCUT2D eigenvalue weighted by atomic mass is 10.5. The summed E-state index contributed by atoms with van der Waals surface area (Å²) in [4.78, 5) is 26.9. The van der Waals surface area contributed by atoms with Crippen LogP contribution in [0.25, 0.3) is 0 Å². The van der Waals surface area contributed by atoms with E-state index in [-0.39, 0.29) is 5.06 Å². The summed E-state index contributed by atoms with van der Waals surface area (Å²) in [6, 6.07) is 0.333. The fourth-order valence-electron chi connectivity index (χ4n) is 0.359. The van der Waals surface area contributed by atoms with E-state index in [0.29, 0.717) is 6.04 Å². The first-order valence-electron chi connectivity index (χ1n) is 4.09. The summed E-state index contributed by atoms with van der Waals surface area (Å²) in [6.07, 6.45) is -1.02. The van der Waals surface area contributed by atoms with Crippen LogP contribution >= 0.6 is 7.60 Å². The van der Waals surface area contributed by atoms with Crippen molar-refractivity contribution in [2.45, 2.75) is 19.9 Å². The maximum absolute atomic E-state index is 10.4. The largest absolute Gasteiger partial charge is 0.347 e. The Balaban J connectivity index is 0. The number of amides is 1. The molecular formula is C6H18N3O5P. The molecule has 7 N–H and O–H groups in total. The Morgan fingerprint density at radius 2 is 1.80 bits per heavy atom. The van der Waals surface area contributed by atoms with Gasteiger partial charge in [0.15, 0.2) is 0 Å². The highest BCUT2D eigenvalue weighted by Gasteiger charge is 2.20. The average Bonchev–Trinajstić information content (AvgIpc) is 1.98. The third-order valence-electron chi connectivity index (χ3n) is 0.781. The van der Waals surface area contributed by atoms with E-state index in [1.54, 1.807) is 0 Å². The second-order valence-corrected chi connectivity index (χ2v) is 4.66. The number of carbonyl (C=O) groups is 1. The minimum absolute atomic E-state index is 0.0965. The van der Waals surface area contributed by atoms with Crippen LogP contribution in [0.2, 0.25) is 0 Å². The summed E-state index contributed by atoms with van der Waals surface area (Å²) in [6.45, 7) is 3.40. The molecule has 0 unspecified atom stereocenters. The lowest BCUT2D eigenvalue weighted by Gasteiger charge is -2.13. The molecule has 92 valence electrons. The summed E-state index contributed by atoms with van der Waals surface area (Å²) in [5.74, 6) is -0.937. The zero-order chi connectivity index (χ0) is 12.6. The first-order valence-corrected chi connectivity index (χ1v) is 5.89. The number of hydrogen-bond donors (Lipinski definition) is 5. The number of nitrogens with zero attached hydrogens (tertiary/aromatic N) is 1. The Morgan fingerprint density at radius 1 is 1.47 bits per heavy atom. The van der Waals surface area contributed by atoms with Gasteiger partial charge in [-0.05, 0) is 6.04 Å². The molecule has 0 aliphatic carbocycles. The molecule has 0 aliphatic rings.